The Morgan fingerprint density at radius 3 is 2.56 bits per heavy atom. The van der Waals surface area contributed by atoms with Crippen LogP contribution in [0.25, 0.3) is 0 Å². The van der Waals surface area contributed by atoms with E-state index in [1.165, 1.54) is 12.1 Å². The highest BCUT2D eigenvalue weighted by atomic mass is 19.1. The van der Waals surface area contributed by atoms with Gasteiger partial charge in [0, 0.05) is 17.5 Å². The fraction of sp³-hybridized carbons (Fsp3) is 0.500. The van der Waals surface area contributed by atoms with E-state index in [-0.39, 0.29) is 11.8 Å². The second-order valence-corrected chi connectivity index (χ2v) is 4.59. The summed E-state index contributed by atoms with van der Waals surface area (Å²) in [6.45, 7) is 5.53. The molecule has 0 saturated heterocycles. The summed E-state index contributed by atoms with van der Waals surface area (Å²) >= 11 is 0. The van der Waals surface area contributed by atoms with Gasteiger partial charge in [-0.3, -0.25) is 4.79 Å². The number of carbonyl (C=O) groups is 1. The summed E-state index contributed by atoms with van der Waals surface area (Å²) in [4.78, 5) is 11.8. The molecule has 0 aliphatic heterocycles. The van der Waals surface area contributed by atoms with Crippen LogP contribution in [-0.2, 0) is 4.79 Å². The van der Waals surface area contributed by atoms with Gasteiger partial charge in [0.25, 0.3) is 0 Å². The van der Waals surface area contributed by atoms with E-state index in [0.29, 0.717) is 5.56 Å². The average Bonchev–Trinajstić information content (AvgIpc) is 2.28. The zero-order valence-electron chi connectivity index (χ0n) is 11.0. The van der Waals surface area contributed by atoms with Crippen molar-refractivity contribution in [1.82, 2.24) is 5.32 Å². The van der Waals surface area contributed by atoms with Crippen LogP contribution in [0.1, 0.15) is 45.2 Å². The summed E-state index contributed by atoms with van der Waals surface area (Å²) in [5, 5.41) is 2.74. The molecule has 0 radical (unpaired) electrons. The largest absolute Gasteiger partial charge is 0.349 e. The first kappa shape index (κ1) is 14.6. The maximum absolute atomic E-state index is 13.5. The summed E-state index contributed by atoms with van der Waals surface area (Å²) in [6.07, 6.45) is 1.72. The first-order valence-electron chi connectivity index (χ1n) is 6.21. The van der Waals surface area contributed by atoms with Gasteiger partial charge in [0.15, 0.2) is 0 Å². The normalized spacial score (nSPS) is 14.1. The molecule has 0 saturated carbocycles. The van der Waals surface area contributed by atoms with Crippen molar-refractivity contribution in [3.05, 3.63) is 35.4 Å². The lowest BCUT2D eigenvalue weighted by Gasteiger charge is -2.18. The van der Waals surface area contributed by atoms with Crippen LogP contribution in [-0.4, -0.2) is 5.91 Å². The third-order valence-electron chi connectivity index (χ3n) is 2.96. The molecule has 0 aliphatic rings. The van der Waals surface area contributed by atoms with Crippen molar-refractivity contribution in [1.29, 1.82) is 0 Å². The van der Waals surface area contributed by atoms with Gasteiger partial charge in [0.1, 0.15) is 11.6 Å². The molecule has 1 N–H and O–H groups in total. The highest BCUT2D eigenvalue weighted by molar-refractivity contribution is 5.78. The second-order valence-electron chi connectivity index (χ2n) is 4.59. The zero-order valence-corrected chi connectivity index (χ0v) is 11.0. The van der Waals surface area contributed by atoms with E-state index >= 15 is 0 Å². The number of rotatable bonds is 5. The molecular formula is C14H19F2NO. The first-order chi connectivity index (χ1) is 8.45. The van der Waals surface area contributed by atoms with Crippen LogP contribution >= 0.6 is 0 Å². The lowest BCUT2D eigenvalue weighted by Crippen LogP contribution is -2.31. The minimum Gasteiger partial charge on any atom is -0.349 e. The monoisotopic (exact) mass is 255 g/mol. The molecule has 0 spiro atoms. The lowest BCUT2D eigenvalue weighted by atomic mass is 10.0. The molecule has 0 aliphatic carbocycles. The van der Waals surface area contributed by atoms with Crippen molar-refractivity contribution >= 4 is 5.91 Å². The van der Waals surface area contributed by atoms with Gasteiger partial charge in [0.05, 0.1) is 6.04 Å². The van der Waals surface area contributed by atoms with E-state index in [0.717, 1.165) is 18.9 Å². The number of hydrogen-bond acceptors (Lipinski definition) is 1. The van der Waals surface area contributed by atoms with Crippen LogP contribution in [0.5, 0.6) is 0 Å². The third kappa shape index (κ3) is 3.79. The SMILES string of the molecule is CCCC(C)C(=O)NC(C)c1ccc(F)cc1F. The van der Waals surface area contributed by atoms with Crippen molar-refractivity contribution < 1.29 is 13.6 Å². The Bertz CT molecular complexity index is 420. The van der Waals surface area contributed by atoms with Gasteiger partial charge in [0.2, 0.25) is 5.91 Å². The topological polar surface area (TPSA) is 29.1 Å². The Kier molecular flexibility index (Phi) is 5.25. The van der Waals surface area contributed by atoms with Crippen molar-refractivity contribution in [3.63, 3.8) is 0 Å². The maximum atomic E-state index is 13.5. The van der Waals surface area contributed by atoms with Crippen LogP contribution in [0.15, 0.2) is 18.2 Å². The minimum absolute atomic E-state index is 0.0963. The van der Waals surface area contributed by atoms with Crippen LogP contribution in [0.4, 0.5) is 8.78 Å². The average molecular weight is 255 g/mol. The Balaban J connectivity index is 2.70. The van der Waals surface area contributed by atoms with Gasteiger partial charge < -0.3 is 5.32 Å². The van der Waals surface area contributed by atoms with E-state index in [1.54, 1.807) is 6.92 Å². The summed E-state index contributed by atoms with van der Waals surface area (Å²) in [5.41, 5.74) is 0.299. The molecule has 1 rings (SSSR count). The molecule has 4 heteroatoms. The van der Waals surface area contributed by atoms with E-state index in [1.807, 2.05) is 13.8 Å². The van der Waals surface area contributed by atoms with Crippen molar-refractivity contribution in [3.8, 4) is 0 Å². The fourth-order valence-corrected chi connectivity index (χ4v) is 1.85. The van der Waals surface area contributed by atoms with Crippen LogP contribution in [0.3, 0.4) is 0 Å². The molecule has 1 amide bonds. The number of benzene rings is 1. The lowest BCUT2D eigenvalue weighted by molar-refractivity contribution is -0.125. The van der Waals surface area contributed by atoms with E-state index < -0.39 is 17.7 Å². The minimum atomic E-state index is -0.633. The molecule has 1 aromatic rings. The Morgan fingerprint density at radius 1 is 1.33 bits per heavy atom. The standard InChI is InChI=1S/C14H19F2NO/c1-4-5-9(2)14(18)17-10(3)12-7-6-11(15)8-13(12)16/h6-10H,4-5H2,1-3H3,(H,17,18). The molecule has 18 heavy (non-hydrogen) atoms. The first-order valence-corrected chi connectivity index (χ1v) is 6.21. The highest BCUT2D eigenvalue weighted by Gasteiger charge is 2.17. The zero-order chi connectivity index (χ0) is 13.7. The predicted molar refractivity (Wildman–Crippen MR) is 67.0 cm³/mol. The molecule has 2 unspecified atom stereocenters. The molecule has 0 heterocycles. The summed E-state index contributed by atoms with van der Waals surface area (Å²) in [6, 6.07) is 2.92. The van der Waals surface area contributed by atoms with Crippen LogP contribution in [0.2, 0.25) is 0 Å². The number of halogens is 2. The molecule has 0 aromatic heterocycles. The molecule has 2 nitrogen and oxygen atoms in total. The van der Waals surface area contributed by atoms with Crippen LogP contribution in [0, 0.1) is 17.6 Å². The summed E-state index contributed by atoms with van der Waals surface area (Å²) in [7, 11) is 0. The van der Waals surface area contributed by atoms with Gasteiger partial charge in [-0.1, -0.05) is 26.3 Å². The molecule has 1 aromatic carbocycles. The Labute approximate surface area is 106 Å². The quantitative estimate of drug-likeness (QED) is 0.856. The molecule has 0 bridgehead atoms. The predicted octanol–water partition coefficient (Wildman–Crippen LogP) is 3.58. The summed E-state index contributed by atoms with van der Waals surface area (Å²) in [5.74, 6) is -1.45. The van der Waals surface area contributed by atoms with Gasteiger partial charge in [-0.15, -0.1) is 0 Å². The molecule has 100 valence electrons. The molecular weight excluding hydrogens is 236 g/mol. The van der Waals surface area contributed by atoms with Crippen molar-refractivity contribution in [2.24, 2.45) is 5.92 Å². The smallest absolute Gasteiger partial charge is 0.223 e. The van der Waals surface area contributed by atoms with Gasteiger partial charge in [-0.05, 0) is 19.4 Å². The maximum Gasteiger partial charge on any atom is 0.223 e. The summed E-state index contributed by atoms with van der Waals surface area (Å²) < 4.78 is 26.3. The van der Waals surface area contributed by atoms with Crippen molar-refractivity contribution in [2.45, 2.75) is 39.7 Å². The number of hydrogen-bond donors (Lipinski definition) is 1. The molecule has 2 atom stereocenters. The van der Waals surface area contributed by atoms with Gasteiger partial charge in [-0.2, -0.15) is 0 Å². The van der Waals surface area contributed by atoms with E-state index in [9.17, 15) is 13.6 Å². The van der Waals surface area contributed by atoms with E-state index in [4.69, 9.17) is 0 Å². The number of nitrogens with one attached hydrogen (secondary N) is 1. The van der Waals surface area contributed by atoms with Crippen LogP contribution < -0.4 is 5.32 Å². The fourth-order valence-electron chi connectivity index (χ4n) is 1.85. The van der Waals surface area contributed by atoms with Crippen molar-refractivity contribution in [2.75, 3.05) is 0 Å². The highest BCUT2D eigenvalue weighted by Crippen LogP contribution is 2.18. The Morgan fingerprint density at radius 2 is 2.00 bits per heavy atom. The second kappa shape index (κ2) is 6.47. The number of carbonyl (C=O) groups excluding carboxylic acids is 1. The third-order valence-corrected chi connectivity index (χ3v) is 2.96. The van der Waals surface area contributed by atoms with Gasteiger partial charge in [-0.25, -0.2) is 8.78 Å². The molecule has 0 fully saturated rings. The van der Waals surface area contributed by atoms with Gasteiger partial charge >= 0.3 is 0 Å². The Hall–Kier alpha value is -1.45. The number of amides is 1. The van der Waals surface area contributed by atoms with E-state index in [2.05, 4.69) is 5.32 Å².